The van der Waals surface area contributed by atoms with Gasteiger partial charge in [0.05, 0.1) is 0 Å². The van der Waals surface area contributed by atoms with Gasteiger partial charge in [0.1, 0.15) is 11.5 Å². The van der Waals surface area contributed by atoms with Crippen LogP contribution in [0.15, 0.2) is 24.4 Å². The number of aromatic nitrogens is 3. The number of nitrogens with zero attached hydrogens (tertiary/aromatic N) is 4. The van der Waals surface area contributed by atoms with Crippen molar-refractivity contribution in [2.24, 2.45) is 11.8 Å². The zero-order valence-corrected chi connectivity index (χ0v) is 13.9. The van der Waals surface area contributed by atoms with Gasteiger partial charge in [0.2, 0.25) is 0 Å². The molecule has 2 aromatic heterocycles. The molecule has 116 valence electrons. The van der Waals surface area contributed by atoms with E-state index < -0.39 is 0 Å². The molecule has 0 aromatic carbocycles. The van der Waals surface area contributed by atoms with Crippen molar-refractivity contribution < 1.29 is 0 Å². The van der Waals surface area contributed by atoms with Gasteiger partial charge in [0.25, 0.3) is 0 Å². The van der Waals surface area contributed by atoms with E-state index in [1.165, 1.54) is 12.0 Å². The zero-order valence-electron chi connectivity index (χ0n) is 13.9. The standard InChI is InChI=1S/C18H24N4/c1-12-9-13(2)11-22(10-12)18-14(3)15(4)20-17(21-18)16-7-5-6-8-19-16/h5-8,12-13H,9-11H2,1-4H3. The van der Waals surface area contributed by atoms with E-state index >= 15 is 0 Å². The summed E-state index contributed by atoms with van der Waals surface area (Å²) in [5.41, 5.74) is 3.06. The van der Waals surface area contributed by atoms with Crippen molar-refractivity contribution in [2.45, 2.75) is 34.1 Å². The minimum absolute atomic E-state index is 0.705. The topological polar surface area (TPSA) is 41.9 Å². The van der Waals surface area contributed by atoms with E-state index in [-0.39, 0.29) is 0 Å². The lowest BCUT2D eigenvalue weighted by atomic mass is 9.91. The minimum atomic E-state index is 0.705. The number of rotatable bonds is 2. The molecule has 1 aliphatic rings. The van der Waals surface area contributed by atoms with E-state index in [4.69, 9.17) is 4.98 Å². The van der Waals surface area contributed by atoms with Crippen molar-refractivity contribution in [1.29, 1.82) is 0 Å². The van der Waals surface area contributed by atoms with E-state index in [0.29, 0.717) is 11.8 Å². The Labute approximate surface area is 132 Å². The normalized spacial score (nSPS) is 21.9. The number of hydrogen-bond acceptors (Lipinski definition) is 4. The molecular formula is C18H24N4. The van der Waals surface area contributed by atoms with Crippen molar-refractivity contribution in [2.75, 3.05) is 18.0 Å². The SMILES string of the molecule is Cc1nc(-c2ccccn2)nc(N2CC(C)CC(C)C2)c1C. The van der Waals surface area contributed by atoms with E-state index in [2.05, 4.69) is 42.6 Å². The van der Waals surface area contributed by atoms with Gasteiger partial charge in [-0.3, -0.25) is 4.98 Å². The molecule has 0 amide bonds. The summed E-state index contributed by atoms with van der Waals surface area (Å²) in [7, 11) is 0. The summed E-state index contributed by atoms with van der Waals surface area (Å²) >= 11 is 0. The number of hydrogen-bond donors (Lipinski definition) is 0. The second-order valence-corrected chi connectivity index (χ2v) is 6.65. The molecular weight excluding hydrogens is 272 g/mol. The smallest absolute Gasteiger partial charge is 0.180 e. The molecule has 1 saturated heterocycles. The second-order valence-electron chi connectivity index (χ2n) is 6.65. The van der Waals surface area contributed by atoms with Crippen LogP contribution in [-0.2, 0) is 0 Å². The highest BCUT2D eigenvalue weighted by Crippen LogP contribution is 2.29. The third-order valence-electron chi connectivity index (χ3n) is 4.43. The maximum atomic E-state index is 4.85. The summed E-state index contributed by atoms with van der Waals surface area (Å²) in [6, 6.07) is 5.86. The van der Waals surface area contributed by atoms with Crippen LogP contribution in [-0.4, -0.2) is 28.0 Å². The quantitative estimate of drug-likeness (QED) is 0.848. The average molecular weight is 296 g/mol. The van der Waals surface area contributed by atoms with Gasteiger partial charge in [0, 0.05) is 30.5 Å². The molecule has 4 heteroatoms. The van der Waals surface area contributed by atoms with Crippen molar-refractivity contribution in [3.63, 3.8) is 0 Å². The number of pyridine rings is 1. The largest absolute Gasteiger partial charge is 0.356 e. The molecule has 0 radical (unpaired) electrons. The van der Waals surface area contributed by atoms with Gasteiger partial charge >= 0.3 is 0 Å². The van der Waals surface area contributed by atoms with E-state index in [1.54, 1.807) is 6.20 Å². The van der Waals surface area contributed by atoms with Gasteiger partial charge in [-0.1, -0.05) is 19.9 Å². The Kier molecular flexibility index (Phi) is 4.10. The Balaban J connectivity index is 2.02. The Bertz CT molecular complexity index is 644. The van der Waals surface area contributed by atoms with Gasteiger partial charge in [0.15, 0.2) is 5.82 Å². The number of piperidine rings is 1. The molecule has 0 spiro atoms. The van der Waals surface area contributed by atoms with Crippen molar-refractivity contribution in [3.8, 4) is 11.5 Å². The molecule has 0 N–H and O–H groups in total. The van der Waals surface area contributed by atoms with Crippen LogP contribution in [0, 0.1) is 25.7 Å². The molecule has 0 saturated carbocycles. The Morgan fingerprint density at radius 2 is 1.77 bits per heavy atom. The number of anilines is 1. The monoisotopic (exact) mass is 296 g/mol. The lowest BCUT2D eigenvalue weighted by Crippen LogP contribution is -2.39. The minimum Gasteiger partial charge on any atom is -0.356 e. The third-order valence-corrected chi connectivity index (χ3v) is 4.43. The predicted octanol–water partition coefficient (Wildman–Crippen LogP) is 3.64. The molecule has 0 bridgehead atoms. The molecule has 1 aliphatic heterocycles. The molecule has 0 aliphatic carbocycles. The first-order valence-electron chi connectivity index (χ1n) is 8.06. The summed E-state index contributed by atoms with van der Waals surface area (Å²) in [6.07, 6.45) is 3.09. The second kappa shape index (κ2) is 6.03. The highest BCUT2D eigenvalue weighted by atomic mass is 15.2. The van der Waals surface area contributed by atoms with Crippen molar-refractivity contribution in [3.05, 3.63) is 35.7 Å². The summed E-state index contributed by atoms with van der Waals surface area (Å²) in [5.74, 6) is 3.21. The Morgan fingerprint density at radius 1 is 1.05 bits per heavy atom. The molecule has 2 atom stereocenters. The zero-order chi connectivity index (χ0) is 15.7. The summed E-state index contributed by atoms with van der Waals surface area (Å²) in [5, 5.41) is 0. The first kappa shape index (κ1) is 14.9. The molecule has 2 unspecified atom stereocenters. The average Bonchev–Trinajstić information content (AvgIpc) is 2.49. The predicted molar refractivity (Wildman–Crippen MR) is 89.9 cm³/mol. The fraction of sp³-hybridized carbons (Fsp3) is 0.500. The van der Waals surface area contributed by atoms with Crippen molar-refractivity contribution >= 4 is 5.82 Å². The van der Waals surface area contributed by atoms with Crippen LogP contribution in [0.5, 0.6) is 0 Å². The molecule has 3 rings (SSSR count). The lowest BCUT2D eigenvalue weighted by Gasteiger charge is -2.36. The van der Waals surface area contributed by atoms with Crippen LogP contribution < -0.4 is 4.90 Å². The van der Waals surface area contributed by atoms with E-state index in [9.17, 15) is 0 Å². The van der Waals surface area contributed by atoms with Crippen LogP contribution in [0.3, 0.4) is 0 Å². The molecule has 4 nitrogen and oxygen atoms in total. The Hall–Kier alpha value is -1.97. The number of aryl methyl sites for hydroxylation is 1. The fourth-order valence-corrected chi connectivity index (χ4v) is 3.37. The van der Waals surface area contributed by atoms with E-state index in [0.717, 1.165) is 36.1 Å². The highest BCUT2D eigenvalue weighted by Gasteiger charge is 2.25. The van der Waals surface area contributed by atoms with Gasteiger partial charge in [-0.2, -0.15) is 0 Å². The lowest BCUT2D eigenvalue weighted by molar-refractivity contribution is 0.355. The molecule has 22 heavy (non-hydrogen) atoms. The van der Waals surface area contributed by atoms with Crippen LogP contribution in [0.4, 0.5) is 5.82 Å². The van der Waals surface area contributed by atoms with Gasteiger partial charge < -0.3 is 4.90 Å². The van der Waals surface area contributed by atoms with Crippen LogP contribution in [0.25, 0.3) is 11.5 Å². The Morgan fingerprint density at radius 3 is 2.41 bits per heavy atom. The summed E-state index contributed by atoms with van der Waals surface area (Å²) < 4.78 is 0. The summed E-state index contributed by atoms with van der Waals surface area (Å²) in [4.78, 5) is 16.3. The van der Waals surface area contributed by atoms with Crippen LogP contribution >= 0.6 is 0 Å². The van der Waals surface area contributed by atoms with Gasteiger partial charge in [-0.05, 0) is 44.2 Å². The highest BCUT2D eigenvalue weighted by molar-refractivity contribution is 5.57. The van der Waals surface area contributed by atoms with E-state index in [1.807, 2.05) is 18.2 Å². The fourth-order valence-electron chi connectivity index (χ4n) is 3.37. The first-order chi connectivity index (χ1) is 10.5. The van der Waals surface area contributed by atoms with Crippen LogP contribution in [0.1, 0.15) is 31.5 Å². The summed E-state index contributed by atoms with van der Waals surface area (Å²) in [6.45, 7) is 11.0. The molecule has 1 fully saturated rings. The maximum absolute atomic E-state index is 4.85. The van der Waals surface area contributed by atoms with Gasteiger partial charge in [-0.15, -0.1) is 0 Å². The third kappa shape index (κ3) is 2.96. The maximum Gasteiger partial charge on any atom is 0.180 e. The van der Waals surface area contributed by atoms with Gasteiger partial charge in [-0.25, -0.2) is 9.97 Å². The van der Waals surface area contributed by atoms with Crippen LogP contribution in [0.2, 0.25) is 0 Å². The van der Waals surface area contributed by atoms with Crippen molar-refractivity contribution in [1.82, 2.24) is 15.0 Å². The molecule has 2 aromatic rings. The first-order valence-corrected chi connectivity index (χ1v) is 8.06. The molecule has 3 heterocycles.